The van der Waals surface area contributed by atoms with E-state index in [1.54, 1.807) is 0 Å². The van der Waals surface area contributed by atoms with Gasteiger partial charge in [-0.25, -0.2) is 0 Å². The molecule has 5 heteroatoms. The summed E-state index contributed by atoms with van der Waals surface area (Å²) < 4.78 is 2.11. The van der Waals surface area contributed by atoms with E-state index in [1.807, 2.05) is 48.5 Å². The highest BCUT2D eigenvalue weighted by molar-refractivity contribution is 14.1. The Balaban J connectivity index is 2.06. The molecule has 92 valence electrons. The molecular weight excluding hydrogens is 423 g/mol. The summed E-state index contributed by atoms with van der Waals surface area (Å²) in [6.07, 6.45) is 0. The normalized spacial score (nSPS) is 9.89. The molecule has 2 N–H and O–H groups in total. The van der Waals surface area contributed by atoms with Crippen LogP contribution in [0.3, 0.4) is 0 Å². The number of benzene rings is 2. The molecule has 0 saturated heterocycles. The Morgan fingerprint density at radius 3 is 2.17 bits per heavy atom. The third-order valence-corrected chi connectivity index (χ3v) is 4.08. The van der Waals surface area contributed by atoms with Crippen LogP contribution in [0.5, 0.6) is 0 Å². The summed E-state index contributed by atoms with van der Waals surface area (Å²) in [5, 5.41) is 6.91. The fourth-order valence-electron chi connectivity index (χ4n) is 1.40. The van der Waals surface area contributed by atoms with Gasteiger partial charge in [-0.3, -0.25) is 0 Å². The molecule has 0 aromatic heterocycles. The van der Waals surface area contributed by atoms with Crippen molar-refractivity contribution < 1.29 is 0 Å². The van der Waals surface area contributed by atoms with Crippen molar-refractivity contribution >= 4 is 67.2 Å². The highest BCUT2D eigenvalue weighted by atomic mass is 127. The molecule has 0 unspecified atom stereocenters. The van der Waals surface area contributed by atoms with Crippen LogP contribution >= 0.6 is 50.7 Å². The average molecular weight is 433 g/mol. The number of nitrogens with one attached hydrogen (secondary N) is 2. The summed E-state index contributed by atoms with van der Waals surface area (Å²) in [5.74, 6) is 0. The molecule has 2 aromatic carbocycles. The number of hydrogen-bond acceptors (Lipinski definition) is 1. The number of rotatable bonds is 2. The minimum Gasteiger partial charge on any atom is -0.332 e. The molecule has 0 spiro atoms. The maximum absolute atomic E-state index is 5.29. The monoisotopic (exact) mass is 432 g/mol. The van der Waals surface area contributed by atoms with Gasteiger partial charge in [-0.05, 0) is 75.0 Å². The van der Waals surface area contributed by atoms with Gasteiger partial charge in [0.2, 0.25) is 0 Å². The maximum atomic E-state index is 5.29. The van der Waals surface area contributed by atoms with E-state index in [-0.39, 0.29) is 0 Å². The topological polar surface area (TPSA) is 24.1 Å². The second kappa shape index (κ2) is 6.49. The zero-order chi connectivity index (χ0) is 13.0. The Bertz CT molecular complexity index is 525. The van der Waals surface area contributed by atoms with E-state index in [4.69, 9.17) is 12.2 Å². The third-order valence-electron chi connectivity index (χ3n) is 2.24. The standard InChI is InChI=1S/C13H10BrIN2S/c14-9-5-1-3-7-11(9)16-13(18)17-12-8-4-2-6-10(12)15/h1-8H,(H2,16,17,18). The molecular formula is C13H10BrIN2S. The molecule has 0 bridgehead atoms. The Morgan fingerprint density at radius 2 is 1.50 bits per heavy atom. The van der Waals surface area contributed by atoms with Crippen molar-refractivity contribution in [1.82, 2.24) is 0 Å². The van der Waals surface area contributed by atoms with E-state index in [0.29, 0.717) is 5.11 Å². The van der Waals surface area contributed by atoms with E-state index >= 15 is 0 Å². The number of hydrogen-bond donors (Lipinski definition) is 2. The summed E-state index contributed by atoms with van der Waals surface area (Å²) in [6, 6.07) is 15.9. The van der Waals surface area contributed by atoms with Gasteiger partial charge in [0.15, 0.2) is 5.11 Å². The number of thiocarbonyl (C=S) groups is 1. The third kappa shape index (κ3) is 3.66. The van der Waals surface area contributed by atoms with Crippen molar-refractivity contribution in [2.45, 2.75) is 0 Å². The predicted molar refractivity (Wildman–Crippen MR) is 93.1 cm³/mol. The Hall–Kier alpha value is -0.660. The minimum absolute atomic E-state index is 0.575. The summed E-state index contributed by atoms with van der Waals surface area (Å²) in [7, 11) is 0. The molecule has 0 amide bonds. The van der Waals surface area contributed by atoms with Crippen LogP contribution in [0, 0.1) is 3.57 Å². The van der Waals surface area contributed by atoms with E-state index < -0.39 is 0 Å². The van der Waals surface area contributed by atoms with Crippen LogP contribution in [0.2, 0.25) is 0 Å². The number of para-hydroxylation sites is 2. The van der Waals surface area contributed by atoms with Gasteiger partial charge in [0.1, 0.15) is 0 Å². The summed E-state index contributed by atoms with van der Waals surface area (Å²) in [6.45, 7) is 0. The molecule has 2 nitrogen and oxygen atoms in total. The van der Waals surface area contributed by atoms with Crippen molar-refractivity contribution in [3.8, 4) is 0 Å². The SMILES string of the molecule is S=C(Nc1ccccc1Br)Nc1ccccc1I. The molecule has 0 saturated carbocycles. The summed E-state index contributed by atoms with van der Waals surface area (Å²) in [4.78, 5) is 0. The van der Waals surface area contributed by atoms with Gasteiger partial charge >= 0.3 is 0 Å². The smallest absolute Gasteiger partial charge is 0.175 e. The van der Waals surface area contributed by atoms with E-state index in [0.717, 1.165) is 19.4 Å². The maximum Gasteiger partial charge on any atom is 0.175 e. The van der Waals surface area contributed by atoms with Crippen LogP contribution in [0.1, 0.15) is 0 Å². The zero-order valence-electron chi connectivity index (χ0n) is 9.28. The highest BCUT2D eigenvalue weighted by Gasteiger charge is 2.03. The quantitative estimate of drug-likeness (QED) is 0.523. The Labute approximate surface area is 133 Å². The van der Waals surface area contributed by atoms with Crippen molar-refractivity contribution in [3.05, 3.63) is 56.6 Å². The van der Waals surface area contributed by atoms with Crippen LogP contribution < -0.4 is 10.6 Å². The minimum atomic E-state index is 0.575. The van der Waals surface area contributed by atoms with Crippen molar-refractivity contribution in [1.29, 1.82) is 0 Å². The fourth-order valence-corrected chi connectivity index (χ4v) is 2.53. The molecule has 0 heterocycles. The zero-order valence-corrected chi connectivity index (χ0v) is 13.8. The lowest BCUT2D eigenvalue weighted by Crippen LogP contribution is -2.19. The second-order valence-electron chi connectivity index (χ2n) is 3.54. The highest BCUT2D eigenvalue weighted by Crippen LogP contribution is 2.22. The van der Waals surface area contributed by atoms with Crippen molar-refractivity contribution in [2.75, 3.05) is 10.6 Å². The van der Waals surface area contributed by atoms with Crippen molar-refractivity contribution in [2.24, 2.45) is 0 Å². The summed E-state index contributed by atoms with van der Waals surface area (Å²) in [5.41, 5.74) is 1.95. The molecule has 0 radical (unpaired) electrons. The molecule has 2 aromatic rings. The van der Waals surface area contributed by atoms with Gasteiger partial charge in [-0.2, -0.15) is 0 Å². The van der Waals surface area contributed by atoms with E-state index in [9.17, 15) is 0 Å². The van der Waals surface area contributed by atoms with Gasteiger partial charge in [-0.15, -0.1) is 0 Å². The van der Waals surface area contributed by atoms with Gasteiger partial charge in [0.25, 0.3) is 0 Å². The predicted octanol–water partition coefficient (Wildman–Crippen LogP) is 4.86. The van der Waals surface area contributed by atoms with Crippen molar-refractivity contribution in [3.63, 3.8) is 0 Å². The van der Waals surface area contributed by atoms with Gasteiger partial charge < -0.3 is 10.6 Å². The lowest BCUT2D eigenvalue weighted by atomic mass is 10.3. The largest absolute Gasteiger partial charge is 0.332 e. The molecule has 0 aliphatic heterocycles. The molecule has 0 fully saturated rings. The van der Waals surface area contributed by atoms with Crippen LogP contribution in [-0.2, 0) is 0 Å². The lowest BCUT2D eigenvalue weighted by molar-refractivity contribution is 1.55. The molecule has 0 aliphatic rings. The first-order valence-electron chi connectivity index (χ1n) is 5.24. The van der Waals surface area contributed by atoms with Gasteiger partial charge in [0.05, 0.1) is 11.4 Å². The second-order valence-corrected chi connectivity index (χ2v) is 5.96. The van der Waals surface area contributed by atoms with Crippen LogP contribution in [0.25, 0.3) is 0 Å². The number of anilines is 2. The van der Waals surface area contributed by atoms with Crippen LogP contribution in [0.15, 0.2) is 53.0 Å². The Kier molecular flexibility index (Phi) is 4.96. The van der Waals surface area contributed by atoms with Gasteiger partial charge in [0, 0.05) is 8.04 Å². The first kappa shape index (κ1) is 13.8. The Morgan fingerprint density at radius 1 is 0.944 bits per heavy atom. The van der Waals surface area contributed by atoms with Gasteiger partial charge in [-0.1, -0.05) is 24.3 Å². The lowest BCUT2D eigenvalue weighted by Gasteiger charge is -2.12. The molecule has 18 heavy (non-hydrogen) atoms. The molecule has 0 atom stereocenters. The van der Waals surface area contributed by atoms with Crippen LogP contribution in [-0.4, -0.2) is 5.11 Å². The molecule has 0 aliphatic carbocycles. The fraction of sp³-hybridized carbons (Fsp3) is 0. The molecule has 2 rings (SSSR count). The van der Waals surface area contributed by atoms with Crippen LogP contribution in [0.4, 0.5) is 11.4 Å². The average Bonchev–Trinajstić information content (AvgIpc) is 2.35. The van der Waals surface area contributed by atoms with E-state index in [2.05, 4.69) is 49.2 Å². The summed E-state index contributed by atoms with van der Waals surface area (Å²) >= 11 is 11.0. The first-order chi connectivity index (χ1) is 8.66. The number of halogens is 2. The first-order valence-corrected chi connectivity index (χ1v) is 7.52. The van der Waals surface area contributed by atoms with E-state index in [1.165, 1.54) is 0 Å².